The van der Waals surface area contributed by atoms with Crippen LogP contribution in [0.2, 0.25) is 0 Å². The monoisotopic (exact) mass is 292 g/mol. The molecule has 0 radical (unpaired) electrons. The Morgan fingerprint density at radius 3 is 2.57 bits per heavy atom. The maximum absolute atomic E-state index is 13.9. The highest BCUT2D eigenvalue weighted by atomic mass is 19.1. The summed E-state index contributed by atoms with van der Waals surface area (Å²) in [4.78, 5) is 12.5. The molecular formula is C17H25FN2O. The summed E-state index contributed by atoms with van der Waals surface area (Å²) in [5.74, 6) is -0.446. The van der Waals surface area contributed by atoms with E-state index >= 15 is 0 Å². The minimum atomic E-state index is -0.866. The van der Waals surface area contributed by atoms with E-state index in [-0.39, 0.29) is 17.1 Å². The Hall–Kier alpha value is -1.42. The number of benzene rings is 1. The number of carbonyl (C=O) groups excluding carboxylic acids is 1. The molecule has 4 heteroatoms. The Labute approximate surface area is 126 Å². The van der Waals surface area contributed by atoms with Crippen LogP contribution >= 0.6 is 0 Å². The van der Waals surface area contributed by atoms with Gasteiger partial charge in [-0.1, -0.05) is 25.1 Å². The van der Waals surface area contributed by atoms with Crippen molar-refractivity contribution in [2.24, 2.45) is 5.41 Å². The number of carbonyl (C=O) groups is 1. The second-order valence-electron chi connectivity index (χ2n) is 6.85. The Bertz CT molecular complexity index is 507. The van der Waals surface area contributed by atoms with Gasteiger partial charge in [0.25, 0.3) is 0 Å². The highest BCUT2D eigenvalue weighted by molar-refractivity contribution is 5.87. The van der Waals surface area contributed by atoms with E-state index in [1.807, 2.05) is 0 Å². The summed E-state index contributed by atoms with van der Waals surface area (Å²) in [6.07, 6.45) is 2.10. The third-order valence-corrected chi connectivity index (χ3v) is 4.60. The zero-order chi connectivity index (χ0) is 15.5. The average molecular weight is 292 g/mol. The predicted octanol–water partition coefficient (Wildman–Crippen LogP) is 2.61. The molecule has 3 nitrogen and oxygen atoms in total. The SMILES string of the molecule is CC1(CNC(=O)C(C)(C)c2ccccc2F)CCNCC1. The van der Waals surface area contributed by atoms with E-state index in [4.69, 9.17) is 0 Å². The van der Waals surface area contributed by atoms with Gasteiger partial charge in [-0.3, -0.25) is 4.79 Å². The van der Waals surface area contributed by atoms with Crippen molar-refractivity contribution < 1.29 is 9.18 Å². The molecular weight excluding hydrogens is 267 g/mol. The molecule has 1 amide bonds. The summed E-state index contributed by atoms with van der Waals surface area (Å²) in [6, 6.07) is 6.49. The van der Waals surface area contributed by atoms with Gasteiger partial charge < -0.3 is 10.6 Å². The number of piperidine rings is 1. The van der Waals surface area contributed by atoms with Gasteiger partial charge in [0, 0.05) is 12.1 Å². The van der Waals surface area contributed by atoms with Crippen LogP contribution in [0.4, 0.5) is 4.39 Å². The summed E-state index contributed by atoms with van der Waals surface area (Å²) < 4.78 is 13.9. The minimum absolute atomic E-state index is 0.118. The summed E-state index contributed by atoms with van der Waals surface area (Å²) >= 11 is 0. The lowest BCUT2D eigenvalue weighted by Gasteiger charge is -2.35. The summed E-state index contributed by atoms with van der Waals surface area (Å²) in [5.41, 5.74) is -0.293. The average Bonchev–Trinajstić information content (AvgIpc) is 2.46. The topological polar surface area (TPSA) is 41.1 Å². The van der Waals surface area contributed by atoms with Crippen LogP contribution in [0, 0.1) is 11.2 Å². The standard InChI is InChI=1S/C17H25FN2O/c1-16(2,13-6-4-5-7-14(13)18)15(21)20-12-17(3)8-10-19-11-9-17/h4-7,19H,8-12H2,1-3H3,(H,20,21). The van der Waals surface area contributed by atoms with Crippen molar-refractivity contribution in [3.8, 4) is 0 Å². The van der Waals surface area contributed by atoms with Crippen LogP contribution in [-0.2, 0) is 10.2 Å². The zero-order valence-electron chi connectivity index (χ0n) is 13.1. The van der Waals surface area contributed by atoms with E-state index in [1.165, 1.54) is 6.07 Å². The maximum Gasteiger partial charge on any atom is 0.230 e. The minimum Gasteiger partial charge on any atom is -0.355 e. The molecule has 1 heterocycles. The van der Waals surface area contributed by atoms with Crippen LogP contribution in [0.5, 0.6) is 0 Å². The molecule has 1 fully saturated rings. The summed E-state index contributed by atoms with van der Waals surface area (Å²) in [7, 11) is 0. The molecule has 0 aliphatic carbocycles. The van der Waals surface area contributed by atoms with Gasteiger partial charge in [-0.15, -0.1) is 0 Å². The molecule has 0 spiro atoms. The second kappa shape index (κ2) is 6.14. The first-order chi connectivity index (χ1) is 9.85. The summed E-state index contributed by atoms with van der Waals surface area (Å²) in [6.45, 7) is 8.36. The highest BCUT2D eigenvalue weighted by Gasteiger charge is 2.34. The van der Waals surface area contributed by atoms with Crippen molar-refractivity contribution in [1.29, 1.82) is 0 Å². The second-order valence-corrected chi connectivity index (χ2v) is 6.85. The lowest BCUT2D eigenvalue weighted by Crippen LogP contribution is -2.47. The molecule has 2 N–H and O–H groups in total. The molecule has 0 atom stereocenters. The fraction of sp³-hybridized carbons (Fsp3) is 0.588. The molecule has 0 unspecified atom stereocenters. The van der Waals surface area contributed by atoms with E-state index in [0.717, 1.165) is 25.9 Å². The molecule has 2 rings (SSSR count). The first-order valence-electron chi connectivity index (χ1n) is 7.59. The molecule has 0 saturated carbocycles. The van der Waals surface area contributed by atoms with E-state index in [2.05, 4.69) is 17.6 Å². The number of nitrogens with one attached hydrogen (secondary N) is 2. The van der Waals surface area contributed by atoms with E-state index in [0.29, 0.717) is 12.1 Å². The van der Waals surface area contributed by atoms with E-state index in [1.54, 1.807) is 32.0 Å². The largest absolute Gasteiger partial charge is 0.355 e. The van der Waals surface area contributed by atoms with Gasteiger partial charge in [0.05, 0.1) is 5.41 Å². The Kier molecular flexibility index (Phi) is 4.67. The number of hydrogen-bond acceptors (Lipinski definition) is 2. The number of hydrogen-bond donors (Lipinski definition) is 2. The first kappa shape index (κ1) is 16.0. The van der Waals surface area contributed by atoms with Gasteiger partial charge in [0.2, 0.25) is 5.91 Å². The maximum atomic E-state index is 13.9. The van der Waals surface area contributed by atoms with E-state index < -0.39 is 5.41 Å². The molecule has 0 bridgehead atoms. The van der Waals surface area contributed by atoms with Crippen LogP contribution in [0.15, 0.2) is 24.3 Å². The highest BCUT2D eigenvalue weighted by Crippen LogP contribution is 2.29. The fourth-order valence-electron chi connectivity index (χ4n) is 2.81. The number of halogens is 1. The molecule has 21 heavy (non-hydrogen) atoms. The van der Waals surface area contributed by atoms with Gasteiger partial charge in [0.15, 0.2) is 0 Å². The smallest absolute Gasteiger partial charge is 0.230 e. The van der Waals surface area contributed by atoms with Gasteiger partial charge in [0.1, 0.15) is 5.82 Å². The van der Waals surface area contributed by atoms with Crippen molar-refractivity contribution in [2.75, 3.05) is 19.6 Å². The third kappa shape index (κ3) is 3.62. The first-order valence-corrected chi connectivity index (χ1v) is 7.59. The van der Waals surface area contributed by atoms with Crippen LogP contribution in [-0.4, -0.2) is 25.5 Å². The Morgan fingerprint density at radius 2 is 1.95 bits per heavy atom. The van der Waals surface area contributed by atoms with Crippen LogP contribution in [0.3, 0.4) is 0 Å². The molecule has 1 aliphatic heterocycles. The molecule has 116 valence electrons. The third-order valence-electron chi connectivity index (χ3n) is 4.60. The van der Waals surface area contributed by atoms with Gasteiger partial charge in [-0.25, -0.2) is 4.39 Å². The van der Waals surface area contributed by atoms with Crippen molar-refractivity contribution >= 4 is 5.91 Å². The van der Waals surface area contributed by atoms with Crippen LogP contribution in [0.25, 0.3) is 0 Å². The quantitative estimate of drug-likeness (QED) is 0.895. The van der Waals surface area contributed by atoms with Crippen molar-refractivity contribution in [1.82, 2.24) is 10.6 Å². The zero-order valence-corrected chi connectivity index (χ0v) is 13.1. The molecule has 1 aromatic rings. The van der Waals surface area contributed by atoms with Gasteiger partial charge in [-0.2, -0.15) is 0 Å². The molecule has 1 saturated heterocycles. The molecule has 1 aromatic carbocycles. The Balaban J connectivity index is 2.03. The number of amides is 1. The van der Waals surface area contributed by atoms with Crippen LogP contribution in [0.1, 0.15) is 39.2 Å². The van der Waals surface area contributed by atoms with Crippen molar-refractivity contribution in [3.05, 3.63) is 35.6 Å². The molecule has 0 aromatic heterocycles. The normalized spacial score (nSPS) is 18.3. The Morgan fingerprint density at radius 1 is 1.33 bits per heavy atom. The summed E-state index contributed by atoms with van der Waals surface area (Å²) in [5, 5.41) is 6.35. The number of rotatable bonds is 4. The van der Waals surface area contributed by atoms with Crippen molar-refractivity contribution in [2.45, 2.75) is 39.0 Å². The lowest BCUT2D eigenvalue weighted by atomic mass is 9.79. The van der Waals surface area contributed by atoms with Crippen LogP contribution < -0.4 is 10.6 Å². The fourth-order valence-corrected chi connectivity index (χ4v) is 2.81. The van der Waals surface area contributed by atoms with Gasteiger partial charge >= 0.3 is 0 Å². The van der Waals surface area contributed by atoms with Gasteiger partial charge in [-0.05, 0) is 51.3 Å². The lowest BCUT2D eigenvalue weighted by molar-refractivity contribution is -0.126. The predicted molar refractivity (Wildman–Crippen MR) is 82.6 cm³/mol. The van der Waals surface area contributed by atoms with Crippen molar-refractivity contribution in [3.63, 3.8) is 0 Å². The van der Waals surface area contributed by atoms with E-state index in [9.17, 15) is 9.18 Å². The molecule has 1 aliphatic rings.